The van der Waals surface area contributed by atoms with Gasteiger partial charge in [-0.3, -0.25) is 0 Å². The van der Waals surface area contributed by atoms with Crippen LogP contribution in [0.3, 0.4) is 0 Å². The quantitative estimate of drug-likeness (QED) is 0.631. The van der Waals surface area contributed by atoms with E-state index in [1.807, 2.05) is 18.7 Å². The van der Waals surface area contributed by atoms with Gasteiger partial charge in [-0.25, -0.2) is 0 Å². The van der Waals surface area contributed by atoms with Crippen LogP contribution in [0.1, 0.15) is 13.8 Å². The molecular weight excluding hydrogens is 154 g/mol. The SMILES string of the molecule is C#CC(C)NCC(C)CSC. The molecular formula is C9H17NS. The van der Waals surface area contributed by atoms with Gasteiger partial charge in [-0.05, 0) is 31.4 Å². The second-order valence-electron chi connectivity index (χ2n) is 2.86. The molecule has 0 aromatic carbocycles. The number of hydrogen-bond acceptors (Lipinski definition) is 2. The monoisotopic (exact) mass is 171 g/mol. The summed E-state index contributed by atoms with van der Waals surface area (Å²) in [5.41, 5.74) is 0. The maximum atomic E-state index is 5.21. The van der Waals surface area contributed by atoms with Gasteiger partial charge in [-0.2, -0.15) is 11.8 Å². The predicted molar refractivity (Wildman–Crippen MR) is 53.8 cm³/mol. The Balaban J connectivity index is 3.31. The first-order valence-electron chi connectivity index (χ1n) is 3.89. The third kappa shape index (κ3) is 6.28. The Hall–Kier alpha value is -0.130. The van der Waals surface area contributed by atoms with Crippen LogP contribution in [0.2, 0.25) is 0 Å². The lowest BCUT2D eigenvalue weighted by atomic mass is 10.2. The van der Waals surface area contributed by atoms with E-state index in [9.17, 15) is 0 Å². The summed E-state index contributed by atoms with van der Waals surface area (Å²) in [6.07, 6.45) is 7.34. The molecule has 0 aromatic rings. The van der Waals surface area contributed by atoms with E-state index in [2.05, 4.69) is 24.4 Å². The molecule has 0 aliphatic rings. The predicted octanol–water partition coefficient (Wildman–Crippen LogP) is 1.60. The molecule has 2 atom stereocenters. The summed E-state index contributed by atoms with van der Waals surface area (Å²) in [4.78, 5) is 0. The van der Waals surface area contributed by atoms with Crippen molar-refractivity contribution < 1.29 is 0 Å². The van der Waals surface area contributed by atoms with Crippen molar-refractivity contribution in [1.29, 1.82) is 0 Å². The van der Waals surface area contributed by atoms with Crippen molar-refractivity contribution >= 4 is 11.8 Å². The molecule has 0 saturated carbocycles. The minimum atomic E-state index is 0.208. The van der Waals surface area contributed by atoms with Gasteiger partial charge in [0.05, 0.1) is 6.04 Å². The van der Waals surface area contributed by atoms with E-state index in [-0.39, 0.29) is 6.04 Å². The standard InChI is InChI=1S/C9H17NS/c1-5-9(3)10-6-8(2)7-11-4/h1,8-10H,6-7H2,2-4H3. The van der Waals surface area contributed by atoms with Crippen molar-refractivity contribution in [2.75, 3.05) is 18.6 Å². The van der Waals surface area contributed by atoms with Crippen LogP contribution in [0.15, 0.2) is 0 Å². The molecule has 0 rings (SSSR count). The van der Waals surface area contributed by atoms with E-state index in [4.69, 9.17) is 6.42 Å². The highest BCUT2D eigenvalue weighted by Gasteiger charge is 2.01. The van der Waals surface area contributed by atoms with Crippen molar-refractivity contribution in [2.24, 2.45) is 5.92 Å². The normalized spacial score (nSPS) is 15.5. The molecule has 0 radical (unpaired) electrons. The number of rotatable bonds is 5. The number of terminal acetylenes is 1. The van der Waals surface area contributed by atoms with Crippen LogP contribution in [0.5, 0.6) is 0 Å². The van der Waals surface area contributed by atoms with E-state index >= 15 is 0 Å². The van der Waals surface area contributed by atoms with E-state index in [0.29, 0.717) is 5.92 Å². The zero-order chi connectivity index (χ0) is 8.69. The van der Waals surface area contributed by atoms with Crippen molar-refractivity contribution in [3.63, 3.8) is 0 Å². The highest BCUT2D eigenvalue weighted by Crippen LogP contribution is 2.02. The molecule has 0 aromatic heterocycles. The molecule has 0 aliphatic heterocycles. The average Bonchev–Trinajstić information content (AvgIpc) is 2.01. The Morgan fingerprint density at radius 1 is 1.55 bits per heavy atom. The molecule has 64 valence electrons. The summed E-state index contributed by atoms with van der Waals surface area (Å²) < 4.78 is 0. The van der Waals surface area contributed by atoms with Crippen LogP contribution in [0.4, 0.5) is 0 Å². The zero-order valence-electron chi connectivity index (χ0n) is 7.55. The van der Waals surface area contributed by atoms with Gasteiger partial charge in [0.25, 0.3) is 0 Å². The molecule has 0 fully saturated rings. The summed E-state index contributed by atoms with van der Waals surface area (Å²) in [5, 5.41) is 3.27. The summed E-state index contributed by atoms with van der Waals surface area (Å²) in [5.74, 6) is 4.55. The van der Waals surface area contributed by atoms with Crippen LogP contribution in [0.25, 0.3) is 0 Å². The topological polar surface area (TPSA) is 12.0 Å². The molecule has 1 N–H and O–H groups in total. The Morgan fingerprint density at radius 3 is 2.64 bits per heavy atom. The van der Waals surface area contributed by atoms with Crippen LogP contribution >= 0.6 is 11.8 Å². The minimum Gasteiger partial charge on any atom is -0.304 e. The summed E-state index contributed by atoms with van der Waals surface area (Å²) in [6, 6.07) is 0.208. The third-order valence-electron chi connectivity index (χ3n) is 1.47. The third-order valence-corrected chi connectivity index (χ3v) is 2.38. The van der Waals surface area contributed by atoms with Crippen LogP contribution in [-0.2, 0) is 0 Å². The number of nitrogens with one attached hydrogen (secondary N) is 1. The average molecular weight is 171 g/mol. The lowest BCUT2D eigenvalue weighted by molar-refractivity contribution is 0.540. The van der Waals surface area contributed by atoms with Gasteiger partial charge in [0.1, 0.15) is 0 Å². The highest BCUT2D eigenvalue weighted by molar-refractivity contribution is 7.98. The summed E-state index contributed by atoms with van der Waals surface area (Å²) in [7, 11) is 0. The zero-order valence-corrected chi connectivity index (χ0v) is 8.37. The second kappa shape index (κ2) is 6.57. The van der Waals surface area contributed by atoms with Crippen molar-refractivity contribution in [2.45, 2.75) is 19.9 Å². The molecule has 0 amide bonds. The first-order valence-corrected chi connectivity index (χ1v) is 5.28. The molecule has 0 saturated heterocycles. The molecule has 11 heavy (non-hydrogen) atoms. The first-order chi connectivity index (χ1) is 5.20. The lowest BCUT2D eigenvalue weighted by Crippen LogP contribution is -2.29. The Kier molecular flexibility index (Phi) is 6.49. The second-order valence-corrected chi connectivity index (χ2v) is 3.77. The maximum absolute atomic E-state index is 5.21. The Bertz CT molecular complexity index is 128. The molecule has 2 unspecified atom stereocenters. The van der Waals surface area contributed by atoms with Crippen LogP contribution in [0, 0.1) is 18.3 Å². The fraction of sp³-hybridized carbons (Fsp3) is 0.778. The number of hydrogen-bond donors (Lipinski definition) is 1. The van der Waals surface area contributed by atoms with Gasteiger partial charge in [-0.1, -0.05) is 12.8 Å². The largest absolute Gasteiger partial charge is 0.304 e. The van der Waals surface area contributed by atoms with E-state index in [0.717, 1.165) is 6.54 Å². The van der Waals surface area contributed by atoms with E-state index < -0.39 is 0 Å². The molecule has 1 nitrogen and oxygen atoms in total. The van der Waals surface area contributed by atoms with E-state index in [1.165, 1.54) is 5.75 Å². The van der Waals surface area contributed by atoms with Crippen LogP contribution in [-0.4, -0.2) is 24.6 Å². The molecule has 0 aliphatic carbocycles. The summed E-state index contributed by atoms with van der Waals surface area (Å²) in [6.45, 7) is 5.25. The van der Waals surface area contributed by atoms with Gasteiger partial charge >= 0.3 is 0 Å². The van der Waals surface area contributed by atoms with E-state index in [1.54, 1.807) is 0 Å². The molecule has 0 bridgehead atoms. The van der Waals surface area contributed by atoms with Gasteiger partial charge in [0.15, 0.2) is 0 Å². The maximum Gasteiger partial charge on any atom is 0.0658 e. The first kappa shape index (κ1) is 10.9. The van der Waals surface area contributed by atoms with Crippen LogP contribution < -0.4 is 5.32 Å². The highest BCUT2D eigenvalue weighted by atomic mass is 32.2. The molecule has 2 heteroatoms. The Labute approximate surface area is 74.3 Å². The number of thioether (sulfide) groups is 1. The smallest absolute Gasteiger partial charge is 0.0658 e. The van der Waals surface area contributed by atoms with Crippen molar-refractivity contribution in [1.82, 2.24) is 5.32 Å². The fourth-order valence-electron chi connectivity index (χ4n) is 0.780. The lowest BCUT2D eigenvalue weighted by Gasteiger charge is -2.12. The van der Waals surface area contributed by atoms with Gasteiger partial charge in [0.2, 0.25) is 0 Å². The van der Waals surface area contributed by atoms with Gasteiger partial charge < -0.3 is 5.32 Å². The van der Waals surface area contributed by atoms with Gasteiger partial charge in [-0.15, -0.1) is 6.42 Å². The van der Waals surface area contributed by atoms with Crippen molar-refractivity contribution in [3.05, 3.63) is 0 Å². The van der Waals surface area contributed by atoms with Crippen molar-refractivity contribution in [3.8, 4) is 12.3 Å². The summed E-state index contributed by atoms with van der Waals surface area (Å²) >= 11 is 1.88. The Morgan fingerprint density at radius 2 is 2.18 bits per heavy atom. The van der Waals surface area contributed by atoms with Gasteiger partial charge in [0, 0.05) is 0 Å². The minimum absolute atomic E-state index is 0.208. The fourth-order valence-corrected chi connectivity index (χ4v) is 1.47. The molecule has 0 heterocycles. The molecule has 0 spiro atoms.